The second-order valence-electron chi connectivity index (χ2n) is 6.25. The van der Waals surface area contributed by atoms with Crippen molar-refractivity contribution in [2.45, 2.75) is 26.2 Å². The van der Waals surface area contributed by atoms with E-state index in [9.17, 15) is 0 Å². The molecule has 0 saturated carbocycles. The minimum Gasteiger partial charge on any atom is -0.304 e. The van der Waals surface area contributed by atoms with Crippen LogP contribution in [0.3, 0.4) is 0 Å². The van der Waals surface area contributed by atoms with Gasteiger partial charge in [-0.2, -0.15) is 0 Å². The van der Waals surface area contributed by atoms with E-state index >= 15 is 0 Å². The van der Waals surface area contributed by atoms with Gasteiger partial charge in [0.05, 0.1) is 0 Å². The average Bonchev–Trinajstić information content (AvgIpc) is 2.55. The molecule has 0 fully saturated rings. The summed E-state index contributed by atoms with van der Waals surface area (Å²) in [6.45, 7) is 6.45. The van der Waals surface area contributed by atoms with Crippen LogP contribution in [0.1, 0.15) is 26.3 Å². The Morgan fingerprint density at radius 3 is 2.13 bits per heavy atom. The van der Waals surface area contributed by atoms with E-state index in [-0.39, 0.29) is 25.5 Å². The normalized spacial score (nSPS) is 10.9. The van der Waals surface area contributed by atoms with Gasteiger partial charge in [-0.1, -0.05) is 32.9 Å². The summed E-state index contributed by atoms with van der Waals surface area (Å²) in [5, 5.41) is 0. The summed E-state index contributed by atoms with van der Waals surface area (Å²) in [5.41, 5.74) is 3.98. The summed E-state index contributed by atoms with van der Waals surface area (Å²) in [5.74, 6) is 0.698. The van der Waals surface area contributed by atoms with Crippen LogP contribution in [0.4, 0.5) is 0 Å². The summed E-state index contributed by atoms with van der Waals surface area (Å²) in [4.78, 5) is 13.4. The molecule has 3 aromatic rings. The first-order valence-electron chi connectivity index (χ1n) is 7.30. The van der Waals surface area contributed by atoms with Crippen LogP contribution in [0.5, 0.6) is 0 Å². The molecule has 0 bridgehead atoms. The number of aromatic nitrogens is 3. The fraction of sp³-hybridized carbons (Fsp3) is 0.211. The first-order valence-corrected chi connectivity index (χ1v) is 7.30. The summed E-state index contributed by atoms with van der Waals surface area (Å²) >= 11 is 0. The molecule has 3 nitrogen and oxygen atoms in total. The van der Waals surface area contributed by atoms with Gasteiger partial charge in [-0.15, -0.1) is 35.9 Å². The first-order chi connectivity index (χ1) is 10.5. The number of rotatable bonds is 2. The van der Waals surface area contributed by atoms with Crippen LogP contribution >= 0.6 is 0 Å². The van der Waals surface area contributed by atoms with Crippen LogP contribution in [-0.4, -0.2) is 15.0 Å². The number of nitrogens with zero attached hydrogens (tertiary/aromatic N) is 3. The smallest absolute Gasteiger partial charge is 0.160 e. The molecular weight excluding hydrogens is 462 g/mol. The van der Waals surface area contributed by atoms with Gasteiger partial charge in [0, 0.05) is 44.3 Å². The molecule has 0 aliphatic carbocycles. The van der Waals surface area contributed by atoms with Crippen LogP contribution in [0, 0.1) is 6.07 Å². The molecule has 4 heteroatoms. The van der Waals surface area contributed by atoms with E-state index in [1.165, 1.54) is 0 Å². The van der Waals surface area contributed by atoms with E-state index < -0.39 is 0 Å². The molecule has 3 rings (SSSR count). The third-order valence-corrected chi connectivity index (χ3v) is 3.52. The van der Waals surface area contributed by atoms with Gasteiger partial charge in [-0.25, -0.2) is 9.97 Å². The van der Waals surface area contributed by atoms with Gasteiger partial charge in [0.25, 0.3) is 0 Å². The largest absolute Gasteiger partial charge is 0.304 e. The van der Waals surface area contributed by atoms with E-state index in [0.29, 0.717) is 5.82 Å². The quantitative estimate of drug-likeness (QED) is 0.514. The van der Waals surface area contributed by atoms with Crippen molar-refractivity contribution in [3.05, 3.63) is 66.6 Å². The maximum atomic E-state index is 4.49. The van der Waals surface area contributed by atoms with Crippen molar-refractivity contribution in [1.29, 1.82) is 0 Å². The Labute approximate surface area is 150 Å². The zero-order valence-corrected chi connectivity index (χ0v) is 15.8. The maximum absolute atomic E-state index is 4.49. The molecule has 0 atom stereocenters. The van der Waals surface area contributed by atoms with Crippen molar-refractivity contribution in [3.63, 3.8) is 0 Å². The van der Waals surface area contributed by atoms with Crippen LogP contribution in [0.2, 0.25) is 0 Å². The van der Waals surface area contributed by atoms with E-state index in [1.54, 1.807) is 0 Å². The number of hydrogen-bond donors (Lipinski definition) is 0. The zero-order valence-electron chi connectivity index (χ0n) is 13.4. The first kappa shape index (κ1) is 17.5. The Kier molecular flexibility index (Phi) is 5.40. The van der Waals surface area contributed by atoms with E-state index in [0.717, 1.165) is 22.4 Å². The SMILES string of the molecule is CC(C)(C)c1cnc(-c2ccc(-c3[c-]cccc3)nc2)nc1.[Ir]. The molecule has 0 amide bonds. The van der Waals surface area contributed by atoms with Crippen LogP contribution in [0.25, 0.3) is 22.6 Å². The van der Waals surface area contributed by atoms with Crippen LogP contribution < -0.4 is 0 Å². The van der Waals surface area contributed by atoms with Crippen molar-refractivity contribution < 1.29 is 20.1 Å². The van der Waals surface area contributed by atoms with Crippen LogP contribution in [0.15, 0.2) is 55.0 Å². The number of pyridine rings is 1. The Morgan fingerprint density at radius 2 is 1.61 bits per heavy atom. The molecule has 23 heavy (non-hydrogen) atoms. The average molecular weight is 481 g/mol. The topological polar surface area (TPSA) is 38.7 Å². The summed E-state index contributed by atoms with van der Waals surface area (Å²) in [6, 6.07) is 15.0. The number of benzene rings is 1. The van der Waals surface area contributed by atoms with Crippen molar-refractivity contribution >= 4 is 0 Å². The fourth-order valence-corrected chi connectivity index (χ4v) is 2.10. The molecule has 119 valence electrons. The molecule has 0 spiro atoms. The molecule has 0 unspecified atom stereocenters. The van der Waals surface area contributed by atoms with Gasteiger partial charge in [0.15, 0.2) is 5.82 Å². The van der Waals surface area contributed by atoms with Gasteiger partial charge in [-0.3, -0.25) is 0 Å². The monoisotopic (exact) mass is 481 g/mol. The minimum atomic E-state index is 0. The predicted octanol–water partition coefficient (Wildman–Crippen LogP) is 4.30. The van der Waals surface area contributed by atoms with E-state index in [2.05, 4.69) is 41.8 Å². The molecule has 0 aliphatic heterocycles. The summed E-state index contributed by atoms with van der Waals surface area (Å²) in [6.07, 6.45) is 5.59. The molecule has 2 heterocycles. The van der Waals surface area contributed by atoms with Gasteiger partial charge < -0.3 is 4.98 Å². The van der Waals surface area contributed by atoms with Gasteiger partial charge >= 0.3 is 0 Å². The Balaban J connectivity index is 0.00000192. The Hall–Kier alpha value is -1.90. The summed E-state index contributed by atoms with van der Waals surface area (Å²) < 4.78 is 0. The minimum absolute atomic E-state index is 0. The maximum Gasteiger partial charge on any atom is 0.160 e. The second-order valence-corrected chi connectivity index (χ2v) is 6.25. The van der Waals surface area contributed by atoms with Crippen molar-refractivity contribution in [3.8, 4) is 22.6 Å². The zero-order chi connectivity index (χ0) is 15.6. The van der Waals surface area contributed by atoms with Crippen molar-refractivity contribution in [2.24, 2.45) is 0 Å². The van der Waals surface area contributed by atoms with E-state index in [1.807, 2.05) is 55.0 Å². The number of hydrogen-bond acceptors (Lipinski definition) is 3. The molecule has 1 aromatic carbocycles. The fourth-order valence-electron chi connectivity index (χ4n) is 2.10. The van der Waals surface area contributed by atoms with Crippen LogP contribution in [-0.2, 0) is 25.5 Å². The molecule has 0 N–H and O–H groups in total. The summed E-state index contributed by atoms with van der Waals surface area (Å²) in [7, 11) is 0. The Bertz CT molecular complexity index is 745. The second kappa shape index (κ2) is 7.12. The Morgan fingerprint density at radius 1 is 0.870 bits per heavy atom. The third-order valence-electron chi connectivity index (χ3n) is 3.52. The molecule has 2 aromatic heterocycles. The third kappa shape index (κ3) is 4.09. The van der Waals surface area contributed by atoms with Gasteiger partial charge in [0.1, 0.15) is 0 Å². The van der Waals surface area contributed by atoms with Crippen molar-refractivity contribution in [1.82, 2.24) is 15.0 Å². The predicted molar refractivity (Wildman–Crippen MR) is 88.2 cm³/mol. The van der Waals surface area contributed by atoms with Crippen molar-refractivity contribution in [2.75, 3.05) is 0 Å². The molecular formula is C19H18IrN3-. The standard InChI is InChI=1S/C19H18N3.Ir/c1-19(2,3)16-12-21-18(22-13-16)15-9-10-17(20-11-15)14-7-5-4-6-8-14;/h4-7,9-13H,1-3H3;/q-1;. The van der Waals surface area contributed by atoms with E-state index in [4.69, 9.17) is 0 Å². The van der Waals surface area contributed by atoms with Gasteiger partial charge in [-0.05, 0) is 16.7 Å². The van der Waals surface area contributed by atoms with Gasteiger partial charge in [0.2, 0.25) is 0 Å². The molecule has 1 radical (unpaired) electrons. The molecule has 0 saturated heterocycles. The molecule has 0 aliphatic rings.